The summed E-state index contributed by atoms with van der Waals surface area (Å²) >= 11 is 0. The first-order valence-electron chi connectivity index (χ1n) is 9.73. The van der Waals surface area contributed by atoms with E-state index >= 15 is 0 Å². The van der Waals surface area contributed by atoms with Crippen molar-refractivity contribution in [2.24, 2.45) is 10.9 Å². The first kappa shape index (κ1) is 23.9. The van der Waals surface area contributed by atoms with Gasteiger partial charge in [0.25, 0.3) is 0 Å². The van der Waals surface area contributed by atoms with Crippen molar-refractivity contribution in [3.8, 4) is 0 Å². The van der Waals surface area contributed by atoms with Crippen LogP contribution >= 0.6 is 24.0 Å². The summed E-state index contributed by atoms with van der Waals surface area (Å²) in [7, 11) is -3.13. The van der Waals surface area contributed by atoms with Crippen LogP contribution in [0.2, 0.25) is 0 Å². The molecule has 2 aliphatic rings. The molecular weight excluding hydrogens is 505 g/mol. The molecule has 1 aromatic rings. The number of hydrogen-bond donors (Lipinski definition) is 3. The third-order valence-electron chi connectivity index (χ3n) is 5.19. The molecule has 1 aromatic carbocycles. The number of carbonyl (C=O) groups is 1. The normalized spacial score (nSPS) is 22.4. The molecule has 0 aromatic heterocycles. The van der Waals surface area contributed by atoms with E-state index in [1.807, 2.05) is 31.2 Å². The fourth-order valence-corrected chi connectivity index (χ4v) is 4.63. The van der Waals surface area contributed by atoms with Crippen LogP contribution in [0.15, 0.2) is 29.3 Å². The van der Waals surface area contributed by atoms with Crippen LogP contribution in [-0.2, 0) is 14.8 Å². The Kier molecular flexibility index (Phi) is 8.71. The number of anilines is 1. The first-order chi connectivity index (χ1) is 13.4. The summed E-state index contributed by atoms with van der Waals surface area (Å²) in [6, 6.07) is 7.87. The maximum atomic E-state index is 12.0. The summed E-state index contributed by atoms with van der Waals surface area (Å²) < 4.78 is 24.8. The molecular formula is C19H30IN5O3S. The molecule has 1 saturated heterocycles. The van der Waals surface area contributed by atoms with Crippen molar-refractivity contribution in [3.63, 3.8) is 0 Å². The van der Waals surface area contributed by atoms with E-state index in [1.165, 1.54) is 10.6 Å². The van der Waals surface area contributed by atoms with E-state index in [9.17, 15) is 13.2 Å². The van der Waals surface area contributed by atoms with Gasteiger partial charge >= 0.3 is 0 Å². The van der Waals surface area contributed by atoms with Crippen molar-refractivity contribution in [1.82, 2.24) is 14.9 Å². The fourth-order valence-electron chi connectivity index (χ4n) is 3.71. The minimum absolute atomic E-state index is 0. The Hall–Kier alpha value is -1.40. The van der Waals surface area contributed by atoms with Gasteiger partial charge in [0, 0.05) is 50.7 Å². The number of para-hydroxylation sites is 1. The SMILES string of the molecule is CCNC(=NCC1CCN(S(C)(=O)=O)C1)NCC1CC(=O)Nc2ccccc21.I. The van der Waals surface area contributed by atoms with Gasteiger partial charge in [0.2, 0.25) is 15.9 Å². The second-order valence-corrected chi connectivity index (χ2v) is 9.40. The zero-order valence-corrected chi connectivity index (χ0v) is 20.0. The Labute approximate surface area is 190 Å². The maximum Gasteiger partial charge on any atom is 0.225 e. The predicted molar refractivity (Wildman–Crippen MR) is 126 cm³/mol. The topological polar surface area (TPSA) is 103 Å². The smallest absolute Gasteiger partial charge is 0.225 e. The number of nitrogens with one attached hydrogen (secondary N) is 3. The molecule has 10 heteroatoms. The van der Waals surface area contributed by atoms with Gasteiger partial charge in [0.1, 0.15) is 0 Å². The molecule has 0 saturated carbocycles. The lowest BCUT2D eigenvalue weighted by Crippen LogP contribution is -2.41. The van der Waals surface area contributed by atoms with Crippen LogP contribution in [0.3, 0.4) is 0 Å². The highest BCUT2D eigenvalue weighted by Gasteiger charge is 2.28. The number of carbonyl (C=O) groups excluding carboxylic acids is 1. The number of hydrogen-bond acceptors (Lipinski definition) is 4. The Balaban J connectivity index is 0.00000300. The van der Waals surface area contributed by atoms with Crippen molar-refractivity contribution >= 4 is 51.6 Å². The van der Waals surface area contributed by atoms with E-state index in [1.54, 1.807) is 0 Å². The third-order valence-corrected chi connectivity index (χ3v) is 6.46. The van der Waals surface area contributed by atoms with Crippen LogP contribution in [0.25, 0.3) is 0 Å². The van der Waals surface area contributed by atoms with E-state index in [0.717, 1.165) is 24.2 Å². The highest BCUT2D eigenvalue weighted by molar-refractivity contribution is 14.0. The molecule has 3 rings (SSSR count). The van der Waals surface area contributed by atoms with Crippen molar-refractivity contribution in [1.29, 1.82) is 0 Å². The van der Waals surface area contributed by atoms with Crippen molar-refractivity contribution in [3.05, 3.63) is 29.8 Å². The number of rotatable bonds is 6. The van der Waals surface area contributed by atoms with Gasteiger partial charge < -0.3 is 16.0 Å². The molecule has 0 radical (unpaired) electrons. The lowest BCUT2D eigenvalue weighted by molar-refractivity contribution is -0.116. The van der Waals surface area contributed by atoms with E-state index in [4.69, 9.17) is 0 Å². The van der Waals surface area contributed by atoms with Gasteiger partial charge in [-0.3, -0.25) is 9.79 Å². The molecule has 2 heterocycles. The largest absolute Gasteiger partial charge is 0.357 e. The van der Waals surface area contributed by atoms with Crippen LogP contribution in [0.5, 0.6) is 0 Å². The monoisotopic (exact) mass is 535 g/mol. The highest BCUT2D eigenvalue weighted by atomic mass is 127. The van der Waals surface area contributed by atoms with Crippen molar-refractivity contribution in [2.45, 2.75) is 25.7 Å². The molecule has 1 amide bonds. The van der Waals surface area contributed by atoms with E-state index in [-0.39, 0.29) is 41.7 Å². The average Bonchev–Trinajstić information content (AvgIpc) is 3.13. The minimum atomic E-state index is -3.13. The number of guanidine groups is 1. The maximum absolute atomic E-state index is 12.0. The van der Waals surface area contributed by atoms with Crippen LogP contribution < -0.4 is 16.0 Å². The molecule has 0 spiro atoms. The molecule has 2 atom stereocenters. The van der Waals surface area contributed by atoms with Crippen LogP contribution in [0, 0.1) is 5.92 Å². The van der Waals surface area contributed by atoms with Gasteiger partial charge in [-0.25, -0.2) is 12.7 Å². The fraction of sp³-hybridized carbons (Fsp3) is 0.579. The van der Waals surface area contributed by atoms with Crippen LogP contribution in [-0.4, -0.2) is 63.6 Å². The molecule has 2 aliphatic heterocycles. The quantitative estimate of drug-likeness (QED) is 0.292. The van der Waals surface area contributed by atoms with Gasteiger partial charge in [0.05, 0.1) is 6.26 Å². The summed E-state index contributed by atoms with van der Waals surface area (Å²) in [6.45, 7) is 5.00. The minimum Gasteiger partial charge on any atom is -0.357 e. The molecule has 1 fully saturated rings. The number of nitrogens with zero attached hydrogens (tertiary/aromatic N) is 2. The van der Waals surface area contributed by atoms with Crippen LogP contribution in [0.4, 0.5) is 5.69 Å². The Morgan fingerprint density at radius 3 is 2.76 bits per heavy atom. The standard InChI is InChI=1S/C19H29N5O3S.HI/c1-3-20-19(21-11-14-8-9-24(13-14)28(2,26)27)22-12-15-10-18(25)23-17-7-5-4-6-16(15)17;/h4-7,14-15H,3,8-13H2,1-2H3,(H,23,25)(H2,20,21,22);1H. The second kappa shape index (κ2) is 10.6. The molecule has 29 heavy (non-hydrogen) atoms. The lowest BCUT2D eigenvalue weighted by atomic mass is 9.90. The number of amides is 1. The summed E-state index contributed by atoms with van der Waals surface area (Å²) in [5.41, 5.74) is 2.00. The predicted octanol–water partition coefficient (Wildman–Crippen LogP) is 1.57. The molecule has 0 aliphatic carbocycles. The number of fused-ring (bicyclic) bond motifs is 1. The Morgan fingerprint density at radius 2 is 2.07 bits per heavy atom. The summed E-state index contributed by atoms with van der Waals surface area (Å²) in [6.07, 6.45) is 2.52. The number of aliphatic imine (C=N–C) groups is 1. The summed E-state index contributed by atoms with van der Waals surface area (Å²) in [5, 5.41) is 9.49. The summed E-state index contributed by atoms with van der Waals surface area (Å²) in [5.74, 6) is 1.04. The van der Waals surface area contributed by atoms with Crippen LogP contribution in [0.1, 0.15) is 31.2 Å². The van der Waals surface area contributed by atoms with Gasteiger partial charge in [-0.2, -0.15) is 0 Å². The average molecular weight is 535 g/mol. The molecule has 3 N–H and O–H groups in total. The lowest BCUT2D eigenvalue weighted by Gasteiger charge is -2.26. The summed E-state index contributed by atoms with van der Waals surface area (Å²) in [4.78, 5) is 16.6. The first-order valence-corrected chi connectivity index (χ1v) is 11.6. The second-order valence-electron chi connectivity index (χ2n) is 7.41. The van der Waals surface area contributed by atoms with E-state index in [2.05, 4.69) is 20.9 Å². The van der Waals surface area contributed by atoms with Crippen molar-refractivity contribution < 1.29 is 13.2 Å². The number of benzene rings is 1. The van der Waals surface area contributed by atoms with E-state index < -0.39 is 10.0 Å². The number of halogens is 1. The Bertz CT molecular complexity index is 846. The van der Waals surface area contributed by atoms with Crippen molar-refractivity contribution in [2.75, 3.05) is 44.3 Å². The van der Waals surface area contributed by atoms with Gasteiger partial charge in [-0.1, -0.05) is 18.2 Å². The third kappa shape index (κ3) is 6.54. The molecule has 8 nitrogen and oxygen atoms in total. The molecule has 162 valence electrons. The Morgan fingerprint density at radius 1 is 1.31 bits per heavy atom. The van der Waals surface area contributed by atoms with Gasteiger partial charge in [0.15, 0.2) is 5.96 Å². The molecule has 0 bridgehead atoms. The van der Waals surface area contributed by atoms with Gasteiger partial charge in [-0.15, -0.1) is 24.0 Å². The van der Waals surface area contributed by atoms with Gasteiger partial charge in [-0.05, 0) is 30.9 Å². The number of sulfonamides is 1. The molecule has 2 unspecified atom stereocenters. The highest BCUT2D eigenvalue weighted by Crippen LogP contribution is 2.31. The zero-order valence-electron chi connectivity index (χ0n) is 16.8. The van der Waals surface area contributed by atoms with E-state index in [0.29, 0.717) is 38.6 Å². The zero-order chi connectivity index (χ0) is 20.1.